The summed E-state index contributed by atoms with van der Waals surface area (Å²) < 4.78 is 0.657. The van der Waals surface area contributed by atoms with Gasteiger partial charge in [0.1, 0.15) is 0 Å². The fourth-order valence-corrected chi connectivity index (χ4v) is 2.69. The number of carbonyl (C=O) groups excluding carboxylic acids is 2. The summed E-state index contributed by atoms with van der Waals surface area (Å²) in [6.45, 7) is 1.99. The molecule has 2 aromatic carbocycles. The molecule has 1 atom stereocenters. The normalized spacial score (nSPS) is 11.6. The number of carbonyl (C=O) groups is 2. The van der Waals surface area contributed by atoms with Crippen LogP contribution in [0.2, 0.25) is 5.02 Å². The van der Waals surface area contributed by atoms with E-state index in [2.05, 4.69) is 32.1 Å². The fourth-order valence-electron chi connectivity index (χ4n) is 2.02. The van der Waals surface area contributed by atoms with Crippen molar-refractivity contribution >= 4 is 39.3 Å². The van der Waals surface area contributed by atoms with Gasteiger partial charge in [-0.15, -0.1) is 0 Å². The van der Waals surface area contributed by atoms with Gasteiger partial charge in [-0.05, 0) is 52.7 Å². The van der Waals surface area contributed by atoms with Crippen LogP contribution in [0.1, 0.15) is 28.9 Å². The molecule has 2 aromatic rings. The molecule has 5 nitrogen and oxygen atoms in total. The Kier molecular flexibility index (Phi) is 6.78. The van der Waals surface area contributed by atoms with Crippen LogP contribution in [0.3, 0.4) is 0 Å². The maximum atomic E-state index is 12.0. The minimum atomic E-state index is -0.390. The van der Waals surface area contributed by atoms with Crippen LogP contribution in [0.15, 0.2) is 53.0 Å². The van der Waals surface area contributed by atoms with Gasteiger partial charge in [-0.2, -0.15) is 0 Å². The molecule has 0 fully saturated rings. The molecule has 3 N–H and O–H groups in total. The SMILES string of the molecule is C[C@H](NCC(=O)NNC(=O)c1ccccc1Br)c1cccc(Cl)c1. The Morgan fingerprint density at radius 2 is 1.88 bits per heavy atom. The number of amides is 2. The minimum Gasteiger partial charge on any atom is -0.302 e. The molecular weight excluding hydrogens is 394 g/mol. The van der Waals surface area contributed by atoms with Crippen LogP contribution in [-0.4, -0.2) is 18.4 Å². The Morgan fingerprint density at radius 3 is 2.58 bits per heavy atom. The Morgan fingerprint density at radius 1 is 1.12 bits per heavy atom. The lowest BCUT2D eigenvalue weighted by atomic mass is 10.1. The van der Waals surface area contributed by atoms with Crippen LogP contribution in [0.25, 0.3) is 0 Å². The first-order chi connectivity index (χ1) is 11.5. The van der Waals surface area contributed by atoms with Gasteiger partial charge in [-0.1, -0.05) is 35.9 Å². The summed E-state index contributed by atoms with van der Waals surface area (Å²) in [7, 11) is 0. The molecule has 0 aliphatic heterocycles. The summed E-state index contributed by atoms with van der Waals surface area (Å²) in [5, 5.41) is 3.71. The maximum absolute atomic E-state index is 12.0. The molecule has 0 saturated carbocycles. The number of halogens is 2. The van der Waals surface area contributed by atoms with Crippen LogP contribution >= 0.6 is 27.5 Å². The lowest BCUT2D eigenvalue weighted by molar-refractivity contribution is -0.121. The van der Waals surface area contributed by atoms with Crippen molar-refractivity contribution in [1.29, 1.82) is 0 Å². The first-order valence-corrected chi connectivity index (χ1v) is 8.47. The van der Waals surface area contributed by atoms with Gasteiger partial charge in [0.15, 0.2) is 0 Å². The molecule has 2 rings (SSSR count). The van der Waals surface area contributed by atoms with E-state index in [1.807, 2.05) is 25.1 Å². The van der Waals surface area contributed by atoms with Gasteiger partial charge in [0, 0.05) is 15.5 Å². The van der Waals surface area contributed by atoms with Crippen molar-refractivity contribution in [3.63, 3.8) is 0 Å². The van der Waals surface area contributed by atoms with Crippen molar-refractivity contribution in [2.24, 2.45) is 0 Å². The average molecular weight is 411 g/mol. The summed E-state index contributed by atoms with van der Waals surface area (Å²) in [4.78, 5) is 23.8. The highest BCUT2D eigenvalue weighted by atomic mass is 79.9. The van der Waals surface area contributed by atoms with Gasteiger partial charge >= 0.3 is 0 Å². The van der Waals surface area contributed by atoms with E-state index < -0.39 is 5.91 Å². The molecule has 0 unspecified atom stereocenters. The van der Waals surface area contributed by atoms with Gasteiger partial charge in [-0.25, -0.2) is 0 Å². The van der Waals surface area contributed by atoms with Crippen molar-refractivity contribution < 1.29 is 9.59 Å². The Balaban J connectivity index is 1.79. The third kappa shape index (κ3) is 5.33. The molecule has 0 spiro atoms. The Labute approximate surface area is 153 Å². The summed E-state index contributed by atoms with van der Waals surface area (Å²) in [5.74, 6) is -0.733. The predicted octanol–water partition coefficient (Wildman–Crippen LogP) is 3.21. The van der Waals surface area contributed by atoms with Crippen LogP contribution in [0.4, 0.5) is 0 Å². The number of nitrogens with one attached hydrogen (secondary N) is 3. The first-order valence-electron chi connectivity index (χ1n) is 7.30. The van der Waals surface area contributed by atoms with Crippen molar-refractivity contribution in [1.82, 2.24) is 16.2 Å². The largest absolute Gasteiger partial charge is 0.302 e. The van der Waals surface area contributed by atoms with Gasteiger partial charge in [0.2, 0.25) is 0 Å². The van der Waals surface area contributed by atoms with Gasteiger partial charge < -0.3 is 5.32 Å². The molecule has 0 saturated heterocycles. The van der Waals surface area contributed by atoms with Crippen molar-refractivity contribution in [3.8, 4) is 0 Å². The van der Waals surface area contributed by atoms with Gasteiger partial charge in [0.05, 0.1) is 12.1 Å². The maximum Gasteiger partial charge on any atom is 0.270 e. The second kappa shape index (κ2) is 8.82. The van der Waals surface area contributed by atoms with E-state index in [0.29, 0.717) is 15.1 Å². The molecular formula is C17H17BrClN3O2. The van der Waals surface area contributed by atoms with Crippen LogP contribution < -0.4 is 16.2 Å². The summed E-state index contributed by atoms with van der Waals surface area (Å²) >= 11 is 9.24. The van der Waals surface area contributed by atoms with Crippen LogP contribution in [-0.2, 0) is 4.79 Å². The minimum absolute atomic E-state index is 0.0478. The third-order valence-corrected chi connectivity index (χ3v) is 4.28. The number of hydrazine groups is 1. The highest BCUT2D eigenvalue weighted by Gasteiger charge is 2.11. The smallest absolute Gasteiger partial charge is 0.270 e. The van der Waals surface area contributed by atoms with E-state index in [0.717, 1.165) is 5.56 Å². The van der Waals surface area contributed by atoms with Crippen LogP contribution in [0, 0.1) is 0 Å². The molecule has 0 aromatic heterocycles. The highest BCUT2D eigenvalue weighted by molar-refractivity contribution is 9.10. The average Bonchev–Trinajstić information content (AvgIpc) is 2.58. The van der Waals surface area contributed by atoms with Crippen LogP contribution in [0.5, 0.6) is 0 Å². The van der Waals surface area contributed by atoms with Crippen molar-refractivity contribution in [3.05, 3.63) is 69.2 Å². The van der Waals surface area contributed by atoms with E-state index >= 15 is 0 Å². The second-order valence-electron chi connectivity index (χ2n) is 5.14. The molecule has 24 heavy (non-hydrogen) atoms. The zero-order valence-electron chi connectivity index (χ0n) is 13.0. The van der Waals surface area contributed by atoms with E-state index in [9.17, 15) is 9.59 Å². The molecule has 0 bridgehead atoms. The molecule has 126 valence electrons. The number of rotatable bonds is 5. The number of hydrogen-bond donors (Lipinski definition) is 3. The lowest BCUT2D eigenvalue weighted by Crippen LogP contribution is -2.45. The molecule has 2 amide bonds. The zero-order valence-corrected chi connectivity index (χ0v) is 15.3. The summed E-state index contributed by atoms with van der Waals surface area (Å²) in [5.41, 5.74) is 6.18. The fraction of sp³-hybridized carbons (Fsp3) is 0.176. The first kappa shape index (κ1) is 18.4. The second-order valence-corrected chi connectivity index (χ2v) is 6.43. The van der Waals surface area contributed by atoms with Gasteiger partial charge in [-0.3, -0.25) is 20.4 Å². The van der Waals surface area contributed by atoms with E-state index in [-0.39, 0.29) is 18.5 Å². The summed E-state index contributed by atoms with van der Waals surface area (Å²) in [6.07, 6.45) is 0. The van der Waals surface area contributed by atoms with Crippen molar-refractivity contribution in [2.45, 2.75) is 13.0 Å². The van der Waals surface area contributed by atoms with E-state index in [1.165, 1.54) is 0 Å². The standard InChI is InChI=1S/C17H17BrClN3O2/c1-11(12-5-4-6-13(19)9-12)20-10-16(23)21-22-17(24)14-7-2-3-8-15(14)18/h2-9,11,20H,10H2,1H3,(H,21,23)(H,22,24)/t11-/m0/s1. The third-order valence-electron chi connectivity index (χ3n) is 3.35. The molecule has 0 radical (unpaired) electrons. The molecule has 0 aliphatic carbocycles. The van der Waals surface area contributed by atoms with Gasteiger partial charge in [0.25, 0.3) is 11.8 Å². The quantitative estimate of drug-likeness (QED) is 0.663. The van der Waals surface area contributed by atoms with E-state index in [1.54, 1.807) is 30.3 Å². The molecule has 7 heteroatoms. The molecule has 0 aliphatic rings. The lowest BCUT2D eigenvalue weighted by Gasteiger charge is -2.15. The topological polar surface area (TPSA) is 70.2 Å². The Hall–Kier alpha value is -1.89. The zero-order chi connectivity index (χ0) is 17.5. The Bertz CT molecular complexity index is 739. The van der Waals surface area contributed by atoms with Crippen molar-refractivity contribution in [2.75, 3.05) is 6.54 Å². The molecule has 0 heterocycles. The number of benzene rings is 2. The predicted molar refractivity (Wildman–Crippen MR) is 97.6 cm³/mol. The summed E-state index contributed by atoms with van der Waals surface area (Å²) in [6, 6.07) is 14.3. The monoisotopic (exact) mass is 409 g/mol. The van der Waals surface area contributed by atoms with E-state index in [4.69, 9.17) is 11.6 Å². The highest BCUT2D eigenvalue weighted by Crippen LogP contribution is 2.17. The number of hydrogen-bond acceptors (Lipinski definition) is 3.